The summed E-state index contributed by atoms with van der Waals surface area (Å²) in [6, 6.07) is 17.4. The van der Waals surface area contributed by atoms with E-state index in [0.29, 0.717) is 12.2 Å². The van der Waals surface area contributed by atoms with E-state index in [0.717, 1.165) is 5.56 Å². The Labute approximate surface area is 142 Å². The van der Waals surface area contributed by atoms with Gasteiger partial charge < -0.3 is 4.74 Å². The van der Waals surface area contributed by atoms with Crippen LogP contribution >= 0.6 is 0 Å². The minimum Gasteiger partial charge on any atom is -0.370 e. The Morgan fingerprint density at radius 2 is 1.92 bits per heavy atom. The first-order valence-corrected chi connectivity index (χ1v) is 9.15. The fourth-order valence-corrected chi connectivity index (χ4v) is 4.46. The van der Waals surface area contributed by atoms with Crippen LogP contribution in [0.2, 0.25) is 0 Å². The van der Waals surface area contributed by atoms with Gasteiger partial charge in [-0.15, -0.1) is 0 Å². The number of hydrogen-bond acceptors (Lipinski definition) is 4. The van der Waals surface area contributed by atoms with Gasteiger partial charge in [-0.1, -0.05) is 36.4 Å². The fourth-order valence-electron chi connectivity index (χ4n) is 2.80. The molecule has 0 radical (unpaired) electrons. The van der Waals surface area contributed by atoms with E-state index in [9.17, 15) is 8.42 Å². The molecule has 2 aromatic rings. The van der Waals surface area contributed by atoms with Crippen molar-refractivity contribution in [3.8, 4) is 6.07 Å². The third-order valence-electron chi connectivity index (χ3n) is 4.12. The molecule has 0 saturated carbocycles. The first-order valence-electron chi connectivity index (χ1n) is 7.71. The lowest BCUT2D eigenvalue weighted by molar-refractivity contribution is -0.0288. The molecule has 24 heavy (non-hydrogen) atoms. The van der Waals surface area contributed by atoms with E-state index >= 15 is 0 Å². The van der Waals surface area contributed by atoms with Crippen LogP contribution in [-0.2, 0) is 14.8 Å². The highest BCUT2D eigenvalue weighted by Gasteiger charge is 2.36. The van der Waals surface area contributed by atoms with Crippen molar-refractivity contribution in [2.75, 3.05) is 13.2 Å². The average Bonchev–Trinajstić information content (AvgIpc) is 2.62. The lowest BCUT2D eigenvalue weighted by Gasteiger charge is -2.37. The lowest BCUT2D eigenvalue weighted by Crippen LogP contribution is -2.48. The van der Waals surface area contributed by atoms with Crippen LogP contribution in [0.4, 0.5) is 0 Å². The molecule has 2 atom stereocenters. The summed E-state index contributed by atoms with van der Waals surface area (Å²) in [5.74, 6) is 0. The Morgan fingerprint density at radius 3 is 2.62 bits per heavy atom. The van der Waals surface area contributed by atoms with E-state index in [2.05, 4.69) is 0 Å². The van der Waals surface area contributed by atoms with Crippen molar-refractivity contribution in [2.24, 2.45) is 0 Å². The molecule has 0 N–H and O–H groups in total. The van der Waals surface area contributed by atoms with Crippen LogP contribution in [0.15, 0.2) is 59.5 Å². The summed E-state index contributed by atoms with van der Waals surface area (Å²) in [6.07, 6.45) is -0.295. The molecule has 5 nitrogen and oxygen atoms in total. The van der Waals surface area contributed by atoms with E-state index in [1.54, 1.807) is 12.1 Å². The van der Waals surface area contributed by atoms with Crippen LogP contribution in [0.3, 0.4) is 0 Å². The minimum absolute atomic E-state index is 0.141. The zero-order valence-corrected chi connectivity index (χ0v) is 14.1. The van der Waals surface area contributed by atoms with Gasteiger partial charge in [0.05, 0.1) is 29.2 Å². The Morgan fingerprint density at radius 1 is 1.17 bits per heavy atom. The predicted molar refractivity (Wildman–Crippen MR) is 89.6 cm³/mol. The van der Waals surface area contributed by atoms with Crippen LogP contribution < -0.4 is 0 Å². The molecular formula is C18H18N2O3S. The molecule has 0 amide bonds. The molecule has 0 aliphatic carbocycles. The normalized spacial score (nSPS) is 22.0. The maximum Gasteiger partial charge on any atom is 0.243 e. The van der Waals surface area contributed by atoms with E-state index in [-0.39, 0.29) is 23.6 Å². The zero-order chi connectivity index (χ0) is 17.2. The summed E-state index contributed by atoms with van der Waals surface area (Å²) in [4.78, 5) is 0.141. The van der Waals surface area contributed by atoms with E-state index in [4.69, 9.17) is 10.00 Å². The van der Waals surface area contributed by atoms with Gasteiger partial charge >= 0.3 is 0 Å². The largest absolute Gasteiger partial charge is 0.370 e. The molecular weight excluding hydrogens is 324 g/mol. The van der Waals surface area contributed by atoms with Crippen molar-refractivity contribution in [3.05, 3.63) is 65.7 Å². The SMILES string of the molecule is C[C@@H]1CO[C@H](c2ccccc2)CN1S(=O)(=O)c1cccc(C#N)c1. The number of sulfonamides is 1. The molecule has 1 saturated heterocycles. The number of ether oxygens (including phenoxy) is 1. The van der Waals surface area contributed by atoms with Crippen LogP contribution in [0.1, 0.15) is 24.2 Å². The quantitative estimate of drug-likeness (QED) is 0.860. The first kappa shape index (κ1) is 16.7. The maximum atomic E-state index is 13.0. The molecule has 2 aromatic carbocycles. The van der Waals surface area contributed by atoms with Crippen LogP contribution in [0.25, 0.3) is 0 Å². The molecule has 0 spiro atoms. The van der Waals surface area contributed by atoms with Gasteiger partial charge in [0, 0.05) is 12.6 Å². The molecule has 0 bridgehead atoms. The lowest BCUT2D eigenvalue weighted by atomic mass is 10.1. The number of nitriles is 1. The molecule has 0 aromatic heterocycles. The number of rotatable bonds is 3. The standard InChI is InChI=1S/C18H18N2O3S/c1-14-13-23-18(16-7-3-2-4-8-16)12-20(14)24(21,22)17-9-5-6-15(10-17)11-19/h2-10,14,18H,12-13H2,1H3/t14-,18+/m1/s1. The molecule has 124 valence electrons. The van der Waals surface area contributed by atoms with E-state index in [1.165, 1.54) is 16.4 Å². The van der Waals surface area contributed by atoms with Crippen LogP contribution in [-0.4, -0.2) is 31.9 Å². The topological polar surface area (TPSA) is 70.4 Å². The fraction of sp³-hybridized carbons (Fsp3) is 0.278. The van der Waals surface area contributed by atoms with Gasteiger partial charge in [-0.25, -0.2) is 8.42 Å². The van der Waals surface area contributed by atoms with Gasteiger partial charge in [-0.2, -0.15) is 9.57 Å². The van der Waals surface area contributed by atoms with Crippen molar-refractivity contribution in [2.45, 2.75) is 24.0 Å². The molecule has 0 unspecified atom stereocenters. The van der Waals surface area contributed by atoms with Gasteiger partial charge in [0.2, 0.25) is 10.0 Å². The molecule has 6 heteroatoms. The summed E-state index contributed by atoms with van der Waals surface area (Å²) in [6.45, 7) is 2.41. The van der Waals surface area contributed by atoms with Gasteiger partial charge in [0.1, 0.15) is 0 Å². The van der Waals surface area contributed by atoms with Crippen molar-refractivity contribution in [3.63, 3.8) is 0 Å². The second kappa shape index (κ2) is 6.73. The third-order valence-corrected chi connectivity index (χ3v) is 6.09. The first-order chi connectivity index (χ1) is 11.5. The van der Waals surface area contributed by atoms with E-state index in [1.807, 2.05) is 43.3 Å². The summed E-state index contributed by atoms with van der Waals surface area (Å²) in [5.41, 5.74) is 1.28. The van der Waals surface area contributed by atoms with Gasteiger partial charge in [-0.3, -0.25) is 0 Å². The van der Waals surface area contributed by atoms with Crippen molar-refractivity contribution in [1.29, 1.82) is 5.26 Å². The minimum atomic E-state index is -3.68. The highest BCUT2D eigenvalue weighted by Crippen LogP contribution is 2.29. The van der Waals surface area contributed by atoms with Gasteiger partial charge in [0.15, 0.2) is 0 Å². The number of benzene rings is 2. The Hall–Kier alpha value is -2.20. The molecule has 1 fully saturated rings. The highest BCUT2D eigenvalue weighted by atomic mass is 32.2. The van der Waals surface area contributed by atoms with Crippen molar-refractivity contribution in [1.82, 2.24) is 4.31 Å². The Bertz CT molecular complexity index is 859. The molecule has 1 aliphatic rings. The highest BCUT2D eigenvalue weighted by molar-refractivity contribution is 7.89. The van der Waals surface area contributed by atoms with Crippen molar-refractivity contribution < 1.29 is 13.2 Å². The average molecular weight is 342 g/mol. The number of nitrogens with zero attached hydrogens (tertiary/aromatic N) is 2. The van der Waals surface area contributed by atoms with Crippen LogP contribution in [0, 0.1) is 11.3 Å². The van der Waals surface area contributed by atoms with Crippen molar-refractivity contribution >= 4 is 10.0 Å². The number of morpholine rings is 1. The summed E-state index contributed by atoms with van der Waals surface area (Å²) < 4.78 is 33.3. The number of hydrogen-bond donors (Lipinski definition) is 0. The monoisotopic (exact) mass is 342 g/mol. The third kappa shape index (κ3) is 3.20. The second-order valence-electron chi connectivity index (χ2n) is 5.80. The molecule has 1 aliphatic heterocycles. The summed E-state index contributed by atoms with van der Waals surface area (Å²) >= 11 is 0. The van der Waals surface area contributed by atoms with Gasteiger partial charge in [-0.05, 0) is 30.7 Å². The van der Waals surface area contributed by atoms with Gasteiger partial charge in [0.25, 0.3) is 0 Å². The summed E-state index contributed by atoms with van der Waals surface area (Å²) in [7, 11) is -3.68. The predicted octanol–water partition coefficient (Wildman–Crippen LogP) is 2.71. The summed E-state index contributed by atoms with van der Waals surface area (Å²) in [5, 5.41) is 9.00. The Balaban J connectivity index is 1.92. The molecule has 1 heterocycles. The smallest absolute Gasteiger partial charge is 0.243 e. The Kier molecular flexibility index (Phi) is 4.67. The van der Waals surface area contributed by atoms with Crippen LogP contribution in [0.5, 0.6) is 0 Å². The molecule has 3 rings (SSSR count). The van der Waals surface area contributed by atoms with E-state index < -0.39 is 10.0 Å². The maximum absolute atomic E-state index is 13.0. The second-order valence-corrected chi connectivity index (χ2v) is 7.69. The zero-order valence-electron chi connectivity index (χ0n) is 13.3.